The van der Waals surface area contributed by atoms with Gasteiger partial charge in [-0.1, -0.05) is 13.0 Å². The van der Waals surface area contributed by atoms with E-state index >= 15 is 0 Å². The van der Waals surface area contributed by atoms with Crippen LogP contribution in [0.25, 0.3) is 0 Å². The Labute approximate surface area is 177 Å². The van der Waals surface area contributed by atoms with E-state index in [2.05, 4.69) is 20.4 Å². The average molecular weight is 430 g/mol. The van der Waals surface area contributed by atoms with Crippen molar-refractivity contribution in [1.82, 2.24) is 10.4 Å². The topological polar surface area (TPSA) is 130 Å². The third-order valence-corrected chi connectivity index (χ3v) is 6.32. The van der Waals surface area contributed by atoms with E-state index in [1.165, 1.54) is 0 Å². The van der Waals surface area contributed by atoms with Gasteiger partial charge in [0.15, 0.2) is 5.13 Å². The molecule has 2 aliphatic heterocycles. The molecule has 1 amide bonds. The molecule has 1 aromatic carbocycles. The fraction of sp³-hybridized carbons (Fsp3) is 0.421. The van der Waals surface area contributed by atoms with Gasteiger partial charge < -0.3 is 15.5 Å². The first-order chi connectivity index (χ1) is 14.5. The Kier molecular flexibility index (Phi) is 5.64. The number of nitrogens with two attached hydrogens (primary N) is 1. The number of piperazine rings is 1. The van der Waals surface area contributed by atoms with Gasteiger partial charge in [-0.05, 0) is 6.07 Å². The quantitative estimate of drug-likeness (QED) is 0.546. The number of amides is 1. The summed E-state index contributed by atoms with van der Waals surface area (Å²) >= 11 is 1.57. The number of nitro benzene ring substituents is 1. The minimum Gasteiger partial charge on any atom is -0.362 e. The Morgan fingerprint density at radius 1 is 1.30 bits per heavy atom. The van der Waals surface area contributed by atoms with Crippen molar-refractivity contribution in [2.75, 3.05) is 36.0 Å². The summed E-state index contributed by atoms with van der Waals surface area (Å²) in [6.07, 6.45) is 0.318. The molecule has 0 aliphatic carbocycles. The largest absolute Gasteiger partial charge is 0.362 e. The molecule has 0 spiro atoms. The molecule has 30 heavy (non-hydrogen) atoms. The van der Waals surface area contributed by atoms with Crippen LogP contribution in [0, 0.1) is 16.0 Å². The predicted molar refractivity (Wildman–Crippen MR) is 116 cm³/mol. The Hall–Kier alpha value is -3.05. The number of carbonyl (C=O) groups is 1. The lowest BCUT2D eigenvalue weighted by Crippen LogP contribution is -2.46. The summed E-state index contributed by atoms with van der Waals surface area (Å²) in [4.78, 5) is 31.7. The number of hydrogen-bond donors (Lipinski definition) is 2. The molecule has 1 unspecified atom stereocenters. The lowest BCUT2D eigenvalue weighted by Gasteiger charge is -2.35. The number of benzene rings is 1. The first kappa shape index (κ1) is 20.2. The van der Waals surface area contributed by atoms with Gasteiger partial charge in [0.05, 0.1) is 16.3 Å². The van der Waals surface area contributed by atoms with Crippen molar-refractivity contribution >= 4 is 39.5 Å². The first-order valence-electron chi connectivity index (χ1n) is 9.76. The monoisotopic (exact) mass is 429 g/mol. The van der Waals surface area contributed by atoms with Gasteiger partial charge in [0, 0.05) is 62.1 Å². The highest BCUT2D eigenvalue weighted by Crippen LogP contribution is 2.32. The summed E-state index contributed by atoms with van der Waals surface area (Å²) in [5, 5.41) is 18.8. The normalized spacial score (nSPS) is 19.5. The van der Waals surface area contributed by atoms with Gasteiger partial charge in [-0.15, -0.1) is 11.3 Å². The number of carbonyl (C=O) groups excluding carboxylic acids is 1. The molecule has 2 aliphatic rings. The number of nitrogens with one attached hydrogen (secondary N) is 1. The highest BCUT2D eigenvalue weighted by Gasteiger charge is 2.28. The van der Waals surface area contributed by atoms with E-state index in [0.29, 0.717) is 43.0 Å². The molecule has 10 nitrogen and oxygen atoms in total. The number of anilines is 2. The van der Waals surface area contributed by atoms with Gasteiger partial charge in [-0.25, -0.2) is 10.4 Å². The molecule has 4 rings (SSSR count). The van der Waals surface area contributed by atoms with Crippen molar-refractivity contribution in [3.8, 4) is 0 Å². The number of hydrogen-bond acceptors (Lipinski definition) is 9. The summed E-state index contributed by atoms with van der Waals surface area (Å²) in [7, 11) is 0. The maximum Gasteiger partial charge on any atom is 0.293 e. The molecular formula is C19H23N7O3S. The van der Waals surface area contributed by atoms with Gasteiger partial charge in [-0.2, -0.15) is 5.10 Å². The standard InChI is InChI=1S/C19H23N7O3S/c1-12-8-17(27)22-23-18(12)13-2-3-15(16(9-13)26(28)29)24-4-6-25(7-5-24)19-21-14(10-20)11-30-19/h2-3,9,11-12H,4-8,10,20H2,1H3,(H,22,27). The van der Waals surface area contributed by atoms with Gasteiger partial charge in [0.1, 0.15) is 5.69 Å². The second-order valence-corrected chi connectivity index (χ2v) is 8.23. The summed E-state index contributed by atoms with van der Waals surface area (Å²) in [5.74, 6) is -0.237. The van der Waals surface area contributed by atoms with Crippen LogP contribution in [0.1, 0.15) is 24.6 Å². The van der Waals surface area contributed by atoms with Gasteiger partial charge in [0.2, 0.25) is 5.91 Å². The molecule has 1 fully saturated rings. The third kappa shape index (κ3) is 3.98. The fourth-order valence-corrected chi connectivity index (χ4v) is 4.66. The Morgan fingerprint density at radius 2 is 2.03 bits per heavy atom. The predicted octanol–water partition coefficient (Wildman–Crippen LogP) is 1.70. The highest BCUT2D eigenvalue weighted by atomic mass is 32.1. The third-order valence-electron chi connectivity index (χ3n) is 5.37. The van der Waals surface area contributed by atoms with Crippen molar-refractivity contribution < 1.29 is 9.72 Å². The van der Waals surface area contributed by atoms with Crippen molar-refractivity contribution in [3.05, 3.63) is 45.0 Å². The Balaban J connectivity index is 1.53. The summed E-state index contributed by atoms with van der Waals surface area (Å²) < 4.78 is 0. The van der Waals surface area contributed by atoms with Crippen LogP contribution in [-0.4, -0.2) is 47.7 Å². The molecule has 3 heterocycles. The summed E-state index contributed by atoms with van der Waals surface area (Å²) in [5.41, 5.74) is 10.9. The molecule has 2 aromatic rings. The van der Waals surface area contributed by atoms with Gasteiger partial charge in [0.25, 0.3) is 5.69 Å². The number of nitrogens with zero attached hydrogens (tertiary/aromatic N) is 5. The molecule has 158 valence electrons. The second kappa shape index (κ2) is 8.36. The van der Waals surface area contributed by atoms with Crippen molar-refractivity contribution in [2.24, 2.45) is 16.8 Å². The van der Waals surface area contributed by atoms with E-state index in [9.17, 15) is 14.9 Å². The van der Waals surface area contributed by atoms with E-state index in [1.54, 1.807) is 23.5 Å². The van der Waals surface area contributed by atoms with Gasteiger partial charge >= 0.3 is 0 Å². The molecule has 1 atom stereocenters. The molecule has 3 N–H and O–H groups in total. The molecule has 1 aromatic heterocycles. The minimum absolute atomic E-state index is 0.0485. The minimum atomic E-state index is -0.355. The van der Waals surface area contributed by atoms with E-state index in [-0.39, 0.29) is 22.4 Å². The SMILES string of the molecule is CC1CC(=O)NN=C1c1ccc(N2CCN(c3nc(CN)cs3)CC2)c([N+](=O)[O-])c1. The van der Waals surface area contributed by atoms with E-state index < -0.39 is 0 Å². The molecule has 1 saturated heterocycles. The van der Waals surface area contributed by atoms with Crippen LogP contribution in [0.3, 0.4) is 0 Å². The molecular weight excluding hydrogens is 406 g/mol. The van der Waals surface area contributed by atoms with Crippen molar-refractivity contribution in [2.45, 2.75) is 19.9 Å². The summed E-state index contributed by atoms with van der Waals surface area (Å²) in [6.45, 7) is 5.09. The maximum atomic E-state index is 11.8. The van der Waals surface area contributed by atoms with Crippen LogP contribution >= 0.6 is 11.3 Å². The zero-order valence-electron chi connectivity index (χ0n) is 16.6. The van der Waals surface area contributed by atoms with Crippen LogP contribution in [-0.2, 0) is 11.3 Å². The maximum absolute atomic E-state index is 11.8. The van der Waals surface area contributed by atoms with Crippen LogP contribution < -0.4 is 21.0 Å². The zero-order valence-corrected chi connectivity index (χ0v) is 17.4. The Morgan fingerprint density at radius 3 is 2.67 bits per heavy atom. The first-order valence-corrected chi connectivity index (χ1v) is 10.6. The van der Waals surface area contributed by atoms with E-state index in [1.807, 2.05) is 23.3 Å². The van der Waals surface area contributed by atoms with Crippen molar-refractivity contribution in [3.63, 3.8) is 0 Å². The summed E-state index contributed by atoms with van der Waals surface area (Å²) in [6, 6.07) is 5.18. The van der Waals surface area contributed by atoms with Gasteiger partial charge in [-0.3, -0.25) is 14.9 Å². The second-order valence-electron chi connectivity index (χ2n) is 7.40. The smallest absolute Gasteiger partial charge is 0.293 e. The number of nitro groups is 1. The fourth-order valence-electron chi connectivity index (χ4n) is 3.77. The number of thiazole rings is 1. The molecule has 0 saturated carbocycles. The average Bonchev–Trinajstić information content (AvgIpc) is 3.23. The van der Waals surface area contributed by atoms with Crippen LogP contribution in [0.4, 0.5) is 16.5 Å². The van der Waals surface area contributed by atoms with Crippen LogP contribution in [0.2, 0.25) is 0 Å². The van der Waals surface area contributed by atoms with E-state index in [0.717, 1.165) is 23.9 Å². The number of rotatable bonds is 5. The zero-order chi connectivity index (χ0) is 21.3. The number of hydrazone groups is 1. The van der Waals surface area contributed by atoms with Crippen LogP contribution in [0.15, 0.2) is 28.7 Å². The van der Waals surface area contributed by atoms with Crippen molar-refractivity contribution in [1.29, 1.82) is 0 Å². The Bertz CT molecular complexity index is 998. The lowest BCUT2D eigenvalue weighted by molar-refractivity contribution is -0.384. The molecule has 0 radical (unpaired) electrons. The number of aromatic nitrogens is 1. The molecule has 0 bridgehead atoms. The lowest BCUT2D eigenvalue weighted by atomic mass is 9.93. The molecule has 11 heteroatoms. The van der Waals surface area contributed by atoms with Crippen LogP contribution in [0.5, 0.6) is 0 Å². The highest BCUT2D eigenvalue weighted by molar-refractivity contribution is 7.13. The van der Waals surface area contributed by atoms with E-state index in [4.69, 9.17) is 5.73 Å².